The van der Waals surface area contributed by atoms with Crippen molar-refractivity contribution in [2.45, 2.75) is 30.2 Å². The van der Waals surface area contributed by atoms with Gasteiger partial charge in [-0.05, 0) is 19.8 Å². The highest BCUT2D eigenvalue weighted by molar-refractivity contribution is 8.00. The van der Waals surface area contributed by atoms with Gasteiger partial charge in [-0.3, -0.25) is 4.79 Å². The maximum absolute atomic E-state index is 12.6. The predicted octanol–water partition coefficient (Wildman–Crippen LogP) is 5.11. The van der Waals surface area contributed by atoms with Gasteiger partial charge >= 0.3 is 0 Å². The average molecular weight is 378 g/mol. The molecule has 1 aromatic heterocycles. The Morgan fingerprint density at radius 1 is 1.00 bits per heavy atom. The van der Waals surface area contributed by atoms with Crippen molar-refractivity contribution in [2.75, 3.05) is 13.1 Å². The van der Waals surface area contributed by atoms with Gasteiger partial charge in [-0.25, -0.2) is 4.98 Å². The second-order valence-corrected chi connectivity index (χ2v) is 7.97. The van der Waals surface area contributed by atoms with E-state index in [-0.39, 0.29) is 11.2 Å². The number of likely N-dealkylation sites (tertiary alicyclic amines) is 1. The van der Waals surface area contributed by atoms with E-state index in [4.69, 9.17) is 9.40 Å². The maximum Gasteiger partial charge on any atom is 0.257 e. The lowest BCUT2D eigenvalue weighted by Crippen LogP contribution is -2.34. The highest BCUT2D eigenvalue weighted by Crippen LogP contribution is 2.37. The Bertz CT molecular complexity index is 846. The molecule has 27 heavy (non-hydrogen) atoms. The van der Waals surface area contributed by atoms with Crippen molar-refractivity contribution >= 4 is 17.7 Å². The van der Waals surface area contributed by atoms with E-state index in [1.165, 1.54) is 11.8 Å². The van der Waals surface area contributed by atoms with Gasteiger partial charge in [-0.15, -0.1) is 0 Å². The van der Waals surface area contributed by atoms with E-state index < -0.39 is 0 Å². The molecule has 1 unspecified atom stereocenters. The van der Waals surface area contributed by atoms with Crippen LogP contribution < -0.4 is 0 Å². The van der Waals surface area contributed by atoms with Gasteiger partial charge in [0.15, 0.2) is 5.76 Å². The molecule has 1 fully saturated rings. The molecule has 2 aromatic carbocycles. The molecule has 0 spiro atoms. The quantitative estimate of drug-likeness (QED) is 0.579. The summed E-state index contributed by atoms with van der Waals surface area (Å²) in [6, 6.07) is 20.0. The predicted molar refractivity (Wildman–Crippen MR) is 109 cm³/mol. The highest BCUT2D eigenvalue weighted by atomic mass is 32.2. The number of hydrogen-bond acceptors (Lipinski definition) is 4. The van der Waals surface area contributed by atoms with Crippen LogP contribution in [0.4, 0.5) is 0 Å². The van der Waals surface area contributed by atoms with Gasteiger partial charge in [0.25, 0.3) is 5.22 Å². The molecule has 0 radical (unpaired) electrons. The maximum atomic E-state index is 12.6. The zero-order valence-corrected chi connectivity index (χ0v) is 16.1. The third-order valence-electron chi connectivity index (χ3n) is 4.73. The molecule has 1 amide bonds. The third-order valence-corrected chi connectivity index (χ3v) is 5.67. The first-order valence-electron chi connectivity index (χ1n) is 9.29. The summed E-state index contributed by atoms with van der Waals surface area (Å²) < 4.78 is 6.12. The number of carbonyl (C=O) groups is 1. The SMILES string of the molecule is CC(Sc1nc(-c2ccccc2)c(-c2ccccc2)o1)C(=O)N1CCCC1. The molecular weight excluding hydrogens is 356 g/mol. The number of benzene rings is 2. The fourth-order valence-electron chi connectivity index (χ4n) is 3.32. The van der Waals surface area contributed by atoms with Gasteiger partial charge in [0.05, 0.1) is 5.25 Å². The zero-order valence-electron chi connectivity index (χ0n) is 15.3. The Hall–Kier alpha value is -2.53. The van der Waals surface area contributed by atoms with Crippen molar-refractivity contribution in [3.05, 3.63) is 60.7 Å². The van der Waals surface area contributed by atoms with Crippen LogP contribution >= 0.6 is 11.8 Å². The summed E-state index contributed by atoms with van der Waals surface area (Å²) in [4.78, 5) is 19.3. The molecule has 1 saturated heterocycles. The Morgan fingerprint density at radius 2 is 1.59 bits per heavy atom. The topological polar surface area (TPSA) is 46.3 Å². The highest BCUT2D eigenvalue weighted by Gasteiger charge is 2.26. The van der Waals surface area contributed by atoms with E-state index in [2.05, 4.69) is 0 Å². The second-order valence-electron chi connectivity index (χ2n) is 6.68. The average Bonchev–Trinajstić information content (AvgIpc) is 3.39. The van der Waals surface area contributed by atoms with E-state index >= 15 is 0 Å². The first kappa shape index (κ1) is 17.9. The number of aromatic nitrogens is 1. The largest absolute Gasteiger partial charge is 0.431 e. The molecule has 4 rings (SSSR count). The second kappa shape index (κ2) is 8.01. The molecular formula is C22H22N2O2S. The van der Waals surface area contributed by atoms with E-state index in [1.807, 2.05) is 72.5 Å². The first-order valence-corrected chi connectivity index (χ1v) is 10.2. The molecule has 1 atom stereocenters. The summed E-state index contributed by atoms with van der Waals surface area (Å²) >= 11 is 1.39. The van der Waals surface area contributed by atoms with Crippen LogP contribution in [0.1, 0.15) is 19.8 Å². The smallest absolute Gasteiger partial charge is 0.257 e. The number of rotatable bonds is 5. The van der Waals surface area contributed by atoms with E-state index in [0.717, 1.165) is 48.5 Å². The van der Waals surface area contributed by atoms with Gasteiger partial charge in [-0.2, -0.15) is 0 Å². The third kappa shape index (κ3) is 3.93. The number of nitrogens with zero attached hydrogens (tertiary/aromatic N) is 2. The van der Waals surface area contributed by atoms with Gasteiger partial charge in [0.1, 0.15) is 5.69 Å². The van der Waals surface area contributed by atoms with Gasteiger partial charge in [-0.1, -0.05) is 72.4 Å². The summed E-state index contributed by atoms with van der Waals surface area (Å²) in [6.45, 7) is 3.65. The number of hydrogen-bond donors (Lipinski definition) is 0. The number of oxazole rings is 1. The van der Waals surface area contributed by atoms with Crippen LogP contribution in [0.25, 0.3) is 22.6 Å². The summed E-state index contributed by atoms with van der Waals surface area (Å²) in [6.07, 6.45) is 2.19. The van der Waals surface area contributed by atoms with Crippen molar-refractivity contribution in [3.63, 3.8) is 0 Å². The monoisotopic (exact) mass is 378 g/mol. The Kier molecular flexibility index (Phi) is 5.30. The summed E-state index contributed by atoms with van der Waals surface area (Å²) in [5.74, 6) is 0.906. The molecule has 4 nitrogen and oxygen atoms in total. The lowest BCUT2D eigenvalue weighted by molar-refractivity contribution is -0.129. The molecule has 0 N–H and O–H groups in total. The molecule has 0 bridgehead atoms. The van der Waals surface area contributed by atoms with E-state index in [1.54, 1.807) is 0 Å². The Labute approximate surface area is 163 Å². The number of amides is 1. The van der Waals surface area contributed by atoms with Gasteiger partial charge < -0.3 is 9.32 Å². The minimum absolute atomic E-state index is 0.165. The van der Waals surface area contributed by atoms with Crippen molar-refractivity contribution in [1.82, 2.24) is 9.88 Å². The normalized spacial score (nSPS) is 15.1. The van der Waals surface area contributed by atoms with Crippen LogP contribution in [0.3, 0.4) is 0 Å². The fourth-order valence-corrected chi connectivity index (χ4v) is 4.15. The summed E-state index contributed by atoms with van der Waals surface area (Å²) in [5.41, 5.74) is 2.80. The Balaban J connectivity index is 1.64. The molecule has 0 saturated carbocycles. The molecule has 2 heterocycles. The summed E-state index contributed by atoms with van der Waals surface area (Å²) in [7, 11) is 0. The molecule has 3 aromatic rings. The van der Waals surface area contributed by atoms with Crippen LogP contribution in [0, 0.1) is 0 Å². The van der Waals surface area contributed by atoms with Crippen LogP contribution in [0.2, 0.25) is 0 Å². The minimum Gasteiger partial charge on any atom is -0.431 e. The van der Waals surface area contributed by atoms with Crippen molar-refractivity contribution in [1.29, 1.82) is 0 Å². The van der Waals surface area contributed by atoms with Crippen molar-refractivity contribution in [2.24, 2.45) is 0 Å². The van der Waals surface area contributed by atoms with Gasteiger partial charge in [0, 0.05) is 24.2 Å². The standard InChI is InChI=1S/C22H22N2O2S/c1-16(21(25)24-14-8-9-15-24)27-22-23-19(17-10-4-2-5-11-17)20(26-22)18-12-6-3-7-13-18/h2-7,10-13,16H,8-9,14-15H2,1H3. The van der Waals surface area contributed by atoms with Crippen molar-refractivity contribution in [3.8, 4) is 22.6 Å². The van der Waals surface area contributed by atoms with Crippen LogP contribution in [0.5, 0.6) is 0 Å². The number of carbonyl (C=O) groups excluding carboxylic acids is 1. The lowest BCUT2D eigenvalue weighted by Gasteiger charge is -2.18. The molecule has 138 valence electrons. The van der Waals surface area contributed by atoms with E-state index in [0.29, 0.717) is 5.22 Å². The molecule has 0 aliphatic carbocycles. The first-order chi connectivity index (χ1) is 13.2. The molecule has 1 aliphatic rings. The molecule has 5 heteroatoms. The number of thioether (sulfide) groups is 1. The van der Waals surface area contributed by atoms with Crippen LogP contribution in [0.15, 0.2) is 70.3 Å². The molecule has 1 aliphatic heterocycles. The zero-order chi connectivity index (χ0) is 18.6. The van der Waals surface area contributed by atoms with E-state index in [9.17, 15) is 4.79 Å². The van der Waals surface area contributed by atoms with Gasteiger partial charge in [0.2, 0.25) is 5.91 Å². The minimum atomic E-state index is -0.214. The Morgan fingerprint density at radius 3 is 2.22 bits per heavy atom. The van der Waals surface area contributed by atoms with Crippen molar-refractivity contribution < 1.29 is 9.21 Å². The fraction of sp³-hybridized carbons (Fsp3) is 0.273. The lowest BCUT2D eigenvalue weighted by atomic mass is 10.1. The summed E-state index contributed by atoms with van der Waals surface area (Å²) in [5, 5.41) is 0.321. The van der Waals surface area contributed by atoms with Crippen LogP contribution in [-0.2, 0) is 4.79 Å². The van der Waals surface area contributed by atoms with Crippen LogP contribution in [-0.4, -0.2) is 34.1 Å².